The number of thiazole rings is 1. The lowest BCUT2D eigenvalue weighted by Crippen LogP contribution is -2.38. The first-order valence-electron chi connectivity index (χ1n) is 8.20. The van der Waals surface area contributed by atoms with Crippen LogP contribution in [0.15, 0.2) is 4.99 Å². The van der Waals surface area contributed by atoms with Crippen LogP contribution < -0.4 is 10.6 Å². The molecule has 0 aromatic carbocycles. The first kappa shape index (κ1) is 18.9. The molecule has 0 unspecified atom stereocenters. The molecule has 22 heavy (non-hydrogen) atoms. The van der Waals surface area contributed by atoms with Gasteiger partial charge in [-0.2, -0.15) is 0 Å². The van der Waals surface area contributed by atoms with Crippen LogP contribution in [0.1, 0.15) is 42.3 Å². The van der Waals surface area contributed by atoms with Crippen LogP contribution >= 0.6 is 11.3 Å². The predicted molar refractivity (Wildman–Crippen MR) is 95.0 cm³/mol. The van der Waals surface area contributed by atoms with Gasteiger partial charge in [-0.3, -0.25) is 4.99 Å². The van der Waals surface area contributed by atoms with Crippen molar-refractivity contribution in [2.24, 2.45) is 4.99 Å². The molecule has 0 amide bonds. The minimum Gasteiger partial charge on any atom is -0.382 e. The van der Waals surface area contributed by atoms with Gasteiger partial charge in [0.1, 0.15) is 0 Å². The molecule has 0 radical (unpaired) electrons. The summed E-state index contributed by atoms with van der Waals surface area (Å²) in [6.45, 7) is 12.5. The van der Waals surface area contributed by atoms with E-state index in [9.17, 15) is 0 Å². The molecule has 0 fully saturated rings. The van der Waals surface area contributed by atoms with E-state index in [1.807, 2.05) is 6.92 Å². The Morgan fingerprint density at radius 2 is 2.05 bits per heavy atom. The quantitative estimate of drug-likeness (QED) is 0.394. The van der Waals surface area contributed by atoms with Crippen molar-refractivity contribution in [1.82, 2.24) is 15.6 Å². The summed E-state index contributed by atoms with van der Waals surface area (Å²) >= 11 is 1.78. The smallest absolute Gasteiger partial charge is 0.191 e. The summed E-state index contributed by atoms with van der Waals surface area (Å²) in [7, 11) is 0. The van der Waals surface area contributed by atoms with Gasteiger partial charge in [-0.1, -0.05) is 0 Å². The SMILES string of the molecule is CCNC(=NCCCCOCC)NCCc1sc(C)nc1C. The summed E-state index contributed by atoms with van der Waals surface area (Å²) in [5.74, 6) is 0.901. The van der Waals surface area contributed by atoms with Gasteiger partial charge in [0.15, 0.2) is 5.96 Å². The van der Waals surface area contributed by atoms with E-state index in [1.54, 1.807) is 11.3 Å². The fraction of sp³-hybridized carbons (Fsp3) is 0.750. The van der Waals surface area contributed by atoms with Crippen LogP contribution in [0.25, 0.3) is 0 Å². The van der Waals surface area contributed by atoms with Crippen molar-refractivity contribution >= 4 is 17.3 Å². The lowest BCUT2D eigenvalue weighted by molar-refractivity contribution is 0.144. The van der Waals surface area contributed by atoms with Gasteiger partial charge in [-0.25, -0.2) is 4.98 Å². The third-order valence-corrected chi connectivity index (χ3v) is 4.29. The molecule has 126 valence electrons. The number of nitrogens with one attached hydrogen (secondary N) is 2. The minimum absolute atomic E-state index is 0.796. The fourth-order valence-electron chi connectivity index (χ4n) is 2.09. The first-order valence-corrected chi connectivity index (χ1v) is 9.01. The second-order valence-electron chi connectivity index (χ2n) is 5.08. The molecule has 2 N–H and O–H groups in total. The number of aromatic nitrogens is 1. The third kappa shape index (κ3) is 7.75. The number of nitrogens with zero attached hydrogens (tertiary/aromatic N) is 2. The van der Waals surface area contributed by atoms with Gasteiger partial charge in [-0.05, 0) is 40.5 Å². The molecular formula is C16H30N4OS. The Labute approximate surface area is 138 Å². The fourth-order valence-corrected chi connectivity index (χ4v) is 3.03. The van der Waals surface area contributed by atoms with E-state index in [4.69, 9.17) is 4.74 Å². The average molecular weight is 327 g/mol. The summed E-state index contributed by atoms with van der Waals surface area (Å²) in [5.41, 5.74) is 1.15. The zero-order valence-corrected chi connectivity index (χ0v) is 15.2. The Morgan fingerprint density at radius 3 is 2.68 bits per heavy atom. The van der Waals surface area contributed by atoms with Gasteiger partial charge in [0.2, 0.25) is 0 Å². The van der Waals surface area contributed by atoms with Crippen LogP contribution in [0.2, 0.25) is 0 Å². The van der Waals surface area contributed by atoms with Gasteiger partial charge in [0, 0.05) is 44.1 Å². The number of aliphatic imine (C=N–C) groups is 1. The van der Waals surface area contributed by atoms with Crippen LogP contribution in [0.4, 0.5) is 0 Å². The Morgan fingerprint density at radius 1 is 1.23 bits per heavy atom. The molecule has 5 nitrogen and oxygen atoms in total. The lowest BCUT2D eigenvalue weighted by Gasteiger charge is -2.11. The van der Waals surface area contributed by atoms with Crippen LogP contribution in [0, 0.1) is 13.8 Å². The molecule has 0 aliphatic carbocycles. The molecule has 0 aliphatic rings. The second kappa shape index (κ2) is 11.4. The Kier molecular flexibility index (Phi) is 9.82. The number of rotatable bonds is 10. The molecule has 1 aromatic heterocycles. The highest BCUT2D eigenvalue weighted by molar-refractivity contribution is 7.11. The standard InChI is InChI=1S/C16H30N4OS/c1-5-17-16(18-10-7-8-12-21-6-2)19-11-9-15-13(3)20-14(4)22-15/h5-12H2,1-4H3,(H2,17,18,19). The number of hydrogen-bond acceptors (Lipinski definition) is 4. The predicted octanol–water partition coefficient (Wildman–Crippen LogP) is 2.67. The first-order chi connectivity index (χ1) is 10.7. The van der Waals surface area contributed by atoms with E-state index >= 15 is 0 Å². The van der Waals surface area contributed by atoms with Gasteiger partial charge in [0.25, 0.3) is 0 Å². The van der Waals surface area contributed by atoms with Crippen molar-refractivity contribution in [3.05, 3.63) is 15.6 Å². The highest BCUT2D eigenvalue weighted by Gasteiger charge is 2.04. The zero-order chi connectivity index (χ0) is 16.2. The summed E-state index contributed by atoms with van der Waals surface area (Å²) in [6.07, 6.45) is 3.12. The molecule has 0 saturated heterocycles. The maximum absolute atomic E-state index is 5.33. The second-order valence-corrected chi connectivity index (χ2v) is 6.37. The number of unbranched alkanes of at least 4 members (excludes halogenated alkanes) is 1. The Balaban J connectivity index is 2.29. The van der Waals surface area contributed by atoms with Crippen molar-refractivity contribution in [2.75, 3.05) is 32.8 Å². The number of hydrogen-bond donors (Lipinski definition) is 2. The molecule has 0 aliphatic heterocycles. The van der Waals surface area contributed by atoms with E-state index in [1.165, 1.54) is 4.88 Å². The van der Waals surface area contributed by atoms with Gasteiger partial charge >= 0.3 is 0 Å². The van der Waals surface area contributed by atoms with E-state index in [-0.39, 0.29) is 0 Å². The number of aryl methyl sites for hydroxylation is 2. The lowest BCUT2D eigenvalue weighted by atomic mass is 10.3. The summed E-state index contributed by atoms with van der Waals surface area (Å²) in [4.78, 5) is 10.4. The zero-order valence-electron chi connectivity index (χ0n) is 14.4. The largest absolute Gasteiger partial charge is 0.382 e. The highest BCUT2D eigenvalue weighted by atomic mass is 32.1. The van der Waals surface area contributed by atoms with Crippen LogP contribution in [-0.2, 0) is 11.2 Å². The monoisotopic (exact) mass is 326 g/mol. The third-order valence-electron chi connectivity index (χ3n) is 3.16. The van der Waals surface area contributed by atoms with Crippen molar-refractivity contribution in [3.63, 3.8) is 0 Å². The van der Waals surface area contributed by atoms with Crippen molar-refractivity contribution < 1.29 is 4.74 Å². The molecule has 1 aromatic rings. The van der Waals surface area contributed by atoms with Crippen LogP contribution in [-0.4, -0.2) is 43.8 Å². The topological polar surface area (TPSA) is 58.5 Å². The van der Waals surface area contributed by atoms with Gasteiger partial charge in [-0.15, -0.1) is 11.3 Å². The molecule has 0 atom stereocenters. The van der Waals surface area contributed by atoms with Gasteiger partial charge < -0.3 is 15.4 Å². The van der Waals surface area contributed by atoms with Crippen molar-refractivity contribution in [3.8, 4) is 0 Å². The molecule has 6 heteroatoms. The number of ether oxygens (including phenoxy) is 1. The van der Waals surface area contributed by atoms with E-state index < -0.39 is 0 Å². The summed E-state index contributed by atoms with van der Waals surface area (Å²) in [6, 6.07) is 0. The number of guanidine groups is 1. The normalized spacial score (nSPS) is 11.7. The molecule has 1 rings (SSSR count). The van der Waals surface area contributed by atoms with E-state index in [0.717, 1.165) is 68.8 Å². The van der Waals surface area contributed by atoms with Crippen LogP contribution in [0.5, 0.6) is 0 Å². The average Bonchev–Trinajstić information content (AvgIpc) is 2.80. The summed E-state index contributed by atoms with van der Waals surface area (Å²) < 4.78 is 5.33. The maximum atomic E-state index is 5.33. The highest BCUT2D eigenvalue weighted by Crippen LogP contribution is 2.16. The molecule has 0 bridgehead atoms. The van der Waals surface area contributed by atoms with Gasteiger partial charge in [0.05, 0.1) is 10.7 Å². The minimum atomic E-state index is 0.796. The molecule has 0 spiro atoms. The molecule has 0 saturated carbocycles. The maximum Gasteiger partial charge on any atom is 0.191 e. The Bertz CT molecular complexity index is 445. The van der Waals surface area contributed by atoms with Crippen molar-refractivity contribution in [2.45, 2.75) is 47.0 Å². The molecular weight excluding hydrogens is 296 g/mol. The van der Waals surface area contributed by atoms with E-state index in [2.05, 4.69) is 41.4 Å². The Hall–Kier alpha value is -1.14. The molecule has 1 heterocycles. The van der Waals surface area contributed by atoms with Crippen molar-refractivity contribution in [1.29, 1.82) is 0 Å². The van der Waals surface area contributed by atoms with Crippen LogP contribution in [0.3, 0.4) is 0 Å². The van der Waals surface area contributed by atoms with E-state index in [0.29, 0.717) is 0 Å². The summed E-state index contributed by atoms with van der Waals surface area (Å²) in [5, 5.41) is 7.82.